The minimum atomic E-state index is -7.82. The molecule has 0 aromatic heterocycles. The predicted molar refractivity (Wildman–Crippen MR) is 118 cm³/mol. The van der Waals surface area contributed by atoms with Crippen molar-refractivity contribution in [2.24, 2.45) is 0 Å². The number of hydrogen-bond donors (Lipinski definition) is 0. The predicted octanol–water partition coefficient (Wildman–Crippen LogP) is 4.37. The largest absolute Gasteiger partial charge is 0.747 e. The van der Waals surface area contributed by atoms with Crippen LogP contribution in [0.3, 0.4) is 0 Å². The Morgan fingerprint density at radius 2 is 0.789 bits per heavy atom. The second-order valence-corrected chi connectivity index (χ2v) is 14.8. The molecule has 0 heterocycles. The normalized spacial score (nSPS) is 14.1. The van der Waals surface area contributed by atoms with Crippen molar-refractivity contribution in [2.75, 3.05) is 0 Å². The van der Waals surface area contributed by atoms with Crippen LogP contribution in [0.25, 0.3) is 0 Å². The first-order valence-electron chi connectivity index (χ1n) is 10.7. The van der Waals surface area contributed by atoms with Gasteiger partial charge < -0.3 is 4.55 Å². The van der Waals surface area contributed by atoms with Crippen molar-refractivity contribution in [3.8, 4) is 0 Å². The number of alkyl halides is 9. The fraction of sp³-hybridized carbons (Fsp3) is 0.500. The Balaban J connectivity index is 0.000000391. The molecule has 0 N–H and O–H groups in total. The Labute approximate surface area is 225 Å². The zero-order chi connectivity index (χ0) is 30.2. The maximum absolute atomic E-state index is 11.8. The molecule has 0 spiro atoms. The van der Waals surface area contributed by atoms with Gasteiger partial charge in [0.2, 0.25) is 0 Å². The average Bonchev–Trinajstić information content (AvgIpc) is 2.63. The fourth-order valence-electron chi connectivity index (χ4n) is 3.06. The first-order valence-corrected chi connectivity index (χ1v) is 14.2. The molecule has 2 aromatic rings. The molecular weight excluding hydrogens is 666 g/mol. The summed E-state index contributed by atoms with van der Waals surface area (Å²) < 4.78 is 132. The van der Waals surface area contributed by atoms with Gasteiger partial charge in [-0.25, -0.2) is 8.42 Å². The monoisotopic (exact) mass is 692 g/mol. The van der Waals surface area contributed by atoms with E-state index < -0.39 is 33.4 Å². The molecule has 0 aliphatic rings. The molecule has 0 aliphatic carbocycles. The highest BCUT2D eigenvalue weighted by atomic mass is 127. The van der Waals surface area contributed by atoms with E-state index in [4.69, 9.17) is 0 Å². The molecule has 0 atom stereocenters. The molecule has 0 radical (unpaired) electrons. The van der Waals surface area contributed by atoms with Gasteiger partial charge in [-0.1, -0.05) is 65.8 Å². The summed E-state index contributed by atoms with van der Waals surface area (Å²) in [6.45, 7) is 13.6. The minimum Gasteiger partial charge on any atom is -0.747 e. The standard InChI is InChI=1S/C20H26I.C4HF9O3S/c1-19(2,3)15-7-11-17(12-8-15)21-18-13-9-16(10-14-18)20(4,5)6;5-2(6,7)1(3(8,9)10,4(11,12)13)17(14,15)16/h7-14H,1-6H3;(H,14,15,16)/q+1;/p-1. The zero-order valence-corrected chi connectivity index (χ0v) is 24.0. The lowest BCUT2D eigenvalue weighted by atomic mass is 9.87. The second-order valence-electron chi connectivity index (χ2n) is 10.2. The van der Waals surface area contributed by atoms with E-state index in [1.807, 2.05) is 0 Å². The maximum Gasteiger partial charge on any atom is 0.425 e. The molecule has 0 fully saturated rings. The number of rotatable bonds is 3. The molecule has 0 saturated heterocycles. The van der Waals surface area contributed by atoms with Gasteiger partial charge in [0.25, 0.3) is 0 Å². The molecule has 2 aromatic carbocycles. The van der Waals surface area contributed by atoms with Crippen LogP contribution in [0.4, 0.5) is 39.5 Å². The highest BCUT2D eigenvalue weighted by molar-refractivity contribution is 7.87. The summed E-state index contributed by atoms with van der Waals surface area (Å²) in [7, 11) is -7.82. The van der Waals surface area contributed by atoms with Crippen LogP contribution >= 0.6 is 0 Å². The van der Waals surface area contributed by atoms with Gasteiger partial charge in [0.15, 0.2) is 7.14 Å². The highest BCUT2D eigenvalue weighted by Gasteiger charge is 2.88. The zero-order valence-electron chi connectivity index (χ0n) is 21.0. The average molecular weight is 692 g/mol. The minimum absolute atomic E-state index is 0.0703. The molecule has 14 heteroatoms. The van der Waals surface area contributed by atoms with E-state index in [0.29, 0.717) is 0 Å². The van der Waals surface area contributed by atoms with Gasteiger partial charge in [0.1, 0.15) is 10.1 Å². The number of hydrogen-bond acceptors (Lipinski definition) is 3. The van der Waals surface area contributed by atoms with Crippen molar-refractivity contribution in [1.82, 2.24) is 0 Å². The van der Waals surface area contributed by atoms with Gasteiger partial charge in [0, 0.05) is 0 Å². The molecule has 0 amide bonds. The van der Waals surface area contributed by atoms with Crippen LogP contribution in [0.15, 0.2) is 48.5 Å². The molecule has 0 unspecified atom stereocenters. The molecule has 38 heavy (non-hydrogen) atoms. The summed E-state index contributed by atoms with van der Waals surface area (Å²) in [5.74, 6) is 0. The molecule has 3 nitrogen and oxygen atoms in total. The summed E-state index contributed by atoms with van der Waals surface area (Å²) >= 11 is -0.0703. The quantitative estimate of drug-likeness (QED) is 0.273. The number of halogens is 10. The van der Waals surface area contributed by atoms with E-state index in [-0.39, 0.29) is 32.0 Å². The van der Waals surface area contributed by atoms with Gasteiger partial charge >= 0.3 is 44.5 Å². The van der Waals surface area contributed by atoms with Crippen LogP contribution in [0, 0.1) is 7.14 Å². The van der Waals surface area contributed by atoms with Crippen LogP contribution < -0.4 is 21.2 Å². The first-order chi connectivity index (χ1) is 16.7. The lowest BCUT2D eigenvalue weighted by molar-refractivity contribution is -0.597. The van der Waals surface area contributed by atoms with Crippen molar-refractivity contribution in [1.29, 1.82) is 0 Å². The van der Waals surface area contributed by atoms with Crippen LogP contribution in [-0.2, 0) is 20.9 Å². The van der Waals surface area contributed by atoms with E-state index >= 15 is 0 Å². The summed E-state index contributed by atoms with van der Waals surface area (Å²) in [5, 5.41) is 0. The van der Waals surface area contributed by atoms with Crippen molar-refractivity contribution < 1.29 is 73.7 Å². The third-order valence-corrected chi connectivity index (χ3v) is 9.34. The third-order valence-electron chi connectivity index (χ3n) is 5.21. The Hall–Kier alpha value is -1.55. The van der Waals surface area contributed by atoms with Gasteiger partial charge in [-0.05, 0) is 46.2 Å². The molecule has 0 bridgehead atoms. The van der Waals surface area contributed by atoms with Crippen LogP contribution in [0.2, 0.25) is 0 Å². The molecule has 0 saturated carbocycles. The smallest absolute Gasteiger partial charge is 0.425 e. The summed E-state index contributed by atoms with van der Waals surface area (Å²) in [6.07, 6.45) is -22.2. The van der Waals surface area contributed by atoms with Gasteiger partial charge in [-0.2, -0.15) is 39.5 Å². The Morgan fingerprint density at radius 1 is 0.553 bits per heavy atom. The van der Waals surface area contributed by atoms with Crippen LogP contribution in [-0.4, -0.2) is 36.2 Å². The summed E-state index contributed by atoms with van der Waals surface area (Å²) in [4.78, 5) is 0. The van der Waals surface area contributed by atoms with E-state index in [0.717, 1.165) is 0 Å². The van der Waals surface area contributed by atoms with Crippen LogP contribution in [0.1, 0.15) is 52.7 Å². The topological polar surface area (TPSA) is 57.2 Å². The summed E-state index contributed by atoms with van der Waals surface area (Å²) in [5.41, 5.74) is 3.31. The van der Waals surface area contributed by atoms with Crippen molar-refractivity contribution in [2.45, 2.75) is 75.6 Å². The van der Waals surface area contributed by atoms with Crippen molar-refractivity contribution in [3.63, 3.8) is 0 Å². The van der Waals surface area contributed by atoms with Gasteiger partial charge in [-0.15, -0.1) is 0 Å². The van der Waals surface area contributed by atoms with E-state index in [9.17, 15) is 52.5 Å². The SMILES string of the molecule is CC(C)(C)c1ccc([I+]c2ccc(C(C)(C)C)cc2)cc1.O=S(=O)([O-])C(C(F)(F)F)(C(F)(F)F)C(F)(F)F. The Kier molecular flexibility index (Phi) is 10.1. The molecule has 2 rings (SSSR count). The first kappa shape index (κ1) is 34.5. The van der Waals surface area contributed by atoms with Gasteiger partial charge in [0.05, 0.1) is 0 Å². The third kappa shape index (κ3) is 7.77. The Morgan fingerprint density at radius 3 is 0.921 bits per heavy atom. The highest BCUT2D eigenvalue weighted by Crippen LogP contribution is 2.56. The van der Waals surface area contributed by atoms with E-state index in [2.05, 4.69) is 90.1 Å². The van der Waals surface area contributed by atoms with Gasteiger partial charge in [-0.3, -0.25) is 0 Å². The molecule has 0 aliphatic heterocycles. The fourth-order valence-corrected chi connectivity index (χ4v) is 6.07. The molecular formula is C24H26F9IO3S. The van der Waals surface area contributed by atoms with E-state index in [1.54, 1.807) is 0 Å². The van der Waals surface area contributed by atoms with Crippen LogP contribution in [0.5, 0.6) is 0 Å². The van der Waals surface area contributed by atoms with Crippen molar-refractivity contribution >= 4 is 10.1 Å². The van der Waals surface area contributed by atoms with E-state index in [1.165, 1.54) is 18.3 Å². The Bertz CT molecular complexity index is 1080. The number of benzene rings is 2. The lowest BCUT2D eigenvalue weighted by Crippen LogP contribution is -3.61. The molecule has 216 valence electrons. The van der Waals surface area contributed by atoms with Crippen molar-refractivity contribution in [3.05, 3.63) is 66.8 Å². The second kappa shape index (κ2) is 11.1. The lowest BCUT2D eigenvalue weighted by Gasteiger charge is -2.39. The maximum atomic E-state index is 11.8. The summed E-state index contributed by atoms with van der Waals surface area (Å²) in [6, 6.07) is 18.4.